The Bertz CT molecular complexity index is 675. The molecule has 0 saturated heterocycles. The van der Waals surface area contributed by atoms with Crippen molar-refractivity contribution in [2.24, 2.45) is 10.8 Å². The summed E-state index contributed by atoms with van der Waals surface area (Å²) in [5.74, 6) is 5.09. The molecule has 0 saturated carbocycles. The van der Waals surface area contributed by atoms with E-state index in [2.05, 4.69) is 17.0 Å². The van der Waals surface area contributed by atoms with E-state index in [4.69, 9.17) is 15.5 Å². The monoisotopic (exact) mass is 274 g/mol. The lowest BCUT2D eigenvalue weighted by Gasteiger charge is -2.00. The van der Waals surface area contributed by atoms with Gasteiger partial charge in [0.25, 0.3) is 0 Å². The molecule has 1 aromatic heterocycles. The molecule has 5 N–H and O–H groups in total. The number of nitrogens with zero attached hydrogens (tertiary/aromatic N) is 1. The minimum Gasteiger partial charge on any atom is -0.451 e. The molecule has 7 nitrogen and oxygen atoms in total. The van der Waals surface area contributed by atoms with E-state index < -0.39 is 5.91 Å². The highest BCUT2D eigenvalue weighted by Crippen LogP contribution is 2.21. The van der Waals surface area contributed by atoms with Crippen LogP contribution in [-0.2, 0) is 6.54 Å². The van der Waals surface area contributed by atoms with Crippen LogP contribution in [0.3, 0.4) is 0 Å². The minimum atomic E-state index is -0.693. The number of nitrogens with two attached hydrogens (primary N) is 1. The van der Waals surface area contributed by atoms with Crippen molar-refractivity contribution in [2.75, 3.05) is 0 Å². The van der Waals surface area contributed by atoms with Gasteiger partial charge >= 0.3 is 5.91 Å². The van der Waals surface area contributed by atoms with E-state index in [9.17, 15) is 4.79 Å². The van der Waals surface area contributed by atoms with Crippen LogP contribution in [0.5, 0.6) is 0 Å². The van der Waals surface area contributed by atoms with Gasteiger partial charge in [-0.1, -0.05) is 12.6 Å². The van der Waals surface area contributed by atoms with Crippen molar-refractivity contribution in [3.8, 4) is 0 Å². The van der Waals surface area contributed by atoms with Gasteiger partial charge in [-0.2, -0.15) is 0 Å². The van der Waals surface area contributed by atoms with Gasteiger partial charge in [0.1, 0.15) is 11.4 Å². The maximum Gasteiger partial charge on any atom is 0.310 e. The normalized spacial score (nSPS) is 11.4. The van der Waals surface area contributed by atoms with E-state index in [0.717, 1.165) is 10.9 Å². The number of rotatable bonds is 4. The Morgan fingerprint density at radius 3 is 2.95 bits per heavy atom. The number of hydrogen-bond donors (Lipinski definition) is 4. The van der Waals surface area contributed by atoms with Crippen LogP contribution in [0.1, 0.15) is 16.1 Å². The van der Waals surface area contributed by atoms with Crippen LogP contribution in [0.15, 0.2) is 46.3 Å². The van der Waals surface area contributed by atoms with Crippen molar-refractivity contribution < 1.29 is 14.4 Å². The number of benzene rings is 1. The molecule has 20 heavy (non-hydrogen) atoms. The predicted octanol–water partition coefficient (Wildman–Crippen LogP) is 1.10. The third kappa shape index (κ3) is 2.85. The largest absolute Gasteiger partial charge is 0.451 e. The maximum absolute atomic E-state index is 11.3. The van der Waals surface area contributed by atoms with Gasteiger partial charge in [0.05, 0.1) is 6.54 Å². The molecule has 7 heteroatoms. The minimum absolute atomic E-state index is 0.0403. The lowest BCUT2D eigenvalue weighted by atomic mass is 10.1. The second-order valence-corrected chi connectivity index (χ2v) is 3.97. The molecule has 0 atom stereocenters. The summed E-state index contributed by atoms with van der Waals surface area (Å²) in [6.45, 7) is 3.98. The highest BCUT2D eigenvalue weighted by molar-refractivity contribution is 5.95. The summed E-state index contributed by atoms with van der Waals surface area (Å²) in [6.07, 6.45) is 1.51. The Morgan fingerprint density at radius 1 is 1.50 bits per heavy atom. The van der Waals surface area contributed by atoms with Crippen molar-refractivity contribution in [1.29, 1.82) is 0 Å². The third-order valence-corrected chi connectivity index (χ3v) is 2.68. The number of carbonyl (C=O) groups is 1. The molecule has 0 unspecified atom stereocenters. The fraction of sp³-hybridized carbons (Fsp3) is 0.0769. The molecule has 0 spiro atoms. The van der Waals surface area contributed by atoms with Gasteiger partial charge in [0.2, 0.25) is 0 Å². The lowest BCUT2D eigenvalue weighted by molar-refractivity contribution is 0.0678. The standard InChI is InChI=1S/C13H14N4O3/c1-2-12(16-14)15-7-8-3-4-10-9(5-8)6-11(20-10)13(18)17-19/h2-6,19H,1,7,14H2,(H,15,16)(H,17,18). The van der Waals surface area contributed by atoms with Crippen LogP contribution < -0.4 is 16.7 Å². The zero-order valence-corrected chi connectivity index (χ0v) is 10.6. The Balaban J connectivity index is 2.27. The highest BCUT2D eigenvalue weighted by atomic mass is 16.5. The molecule has 1 amide bonds. The van der Waals surface area contributed by atoms with E-state index in [-0.39, 0.29) is 5.76 Å². The van der Waals surface area contributed by atoms with Crippen LogP contribution in [0.4, 0.5) is 0 Å². The molecule has 0 aliphatic rings. The van der Waals surface area contributed by atoms with Crippen molar-refractivity contribution in [3.63, 3.8) is 0 Å². The molecule has 0 aliphatic heterocycles. The van der Waals surface area contributed by atoms with Crippen LogP contribution in [0, 0.1) is 0 Å². The zero-order valence-electron chi connectivity index (χ0n) is 10.6. The maximum atomic E-state index is 11.3. The second-order valence-electron chi connectivity index (χ2n) is 3.97. The van der Waals surface area contributed by atoms with Crippen LogP contribution in [0.2, 0.25) is 0 Å². The van der Waals surface area contributed by atoms with Crippen LogP contribution in [-0.4, -0.2) is 17.0 Å². The Labute approximate surface area is 114 Å². The van der Waals surface area contributed by atoms with Gasteiger partial charge < -0.3 is 9.84 Å². The van der Waals surface area contributed by atoms with Crippen LogP contribution in [0.25, 0.3) is 11.0 Å². The molecular weight excluding hydrogens is 260 g/mol. The first-order valence-electron chi connectivity index (χ1n) is 5.78. The number of hydrazine groups is 1. The molecule has 0 radical (unpaired) electrons. The third-order valence-electron chi connectivity index (χ3n) is 2.68. The first-order valence-corrected chi connectivity index (χ1v) is 5.78. The first-order chi connectivity index (χ1) is 9.67. The fourth-order valence-corrected chi connectivity index (χ4v) is 1.70. The first kappa shape index (κ1) is 13.8. The number of hydroxylamine groups is 1. The van der Waals surface area contributed by atoms with E-state index in [1.54, 1.807) is 12.1 Å². The van der Waals surface area contributed by atoms with Gasteiger partial charge in [-0.3, -0.25) is 15.0 Å². The summed E-state index contributed by atoms with van der Waals surface area (Å²) < 4.78 is 5.29. The average molecular weight is 274 g/mol. The summed E-state index contributed by atoms with van der Waals surface area (Å²) >= 11 is 0. The number of fused-ring (bicyclic) bond motifs is 1. The molecule has 1 heterocycles. The van der Waals surface area contributed by atoms with Crippen molar-refractivity contribution in [1.82, 2.24) is 10.9 Å². The number of aliphatic imine (C=N–C) groups is 1. The number of carbonyl (C=O) groups excluding carboxylic acids is 1. The van der Waals surface area contributed by atoms with Crippen molar-refractivity contribution in [2.45, 2.75) is 6.54 Å². The van der Waals surface area contributed by atoms with Gasteiger partial charge in [-0.05, 0) is 29.8 Å². The molecule has 0 aliphatic carbocycles. The molecular formula is C13H14N4O3. The predicted molar refractivity (Wildman–Crippen MR) is 74.1 cm³/mol. The highest BCUT2D eigenvalue weighted by Gasteiger charge is 2.11. The molecule has 2 rings (SSSR count). The Morgan fingerprint density at radius 2 is 2.30 bits per heavy atom. The topological polar surface area (TPSA) is 113 Å². The molecule has 0 fully saturated rings. The molecule has 104 valence electrons. The van der Waals surface area contributed by atoms with Gasteiger partial charge in [-0.25, -0.2) is 11.3 Å². The zero-order chi connectivity index (χ0) is 14.5. The number of amides is 1. The van der Waals surface area contributed by atoms with Gasteiger partial charge in [0.15, 0.2) is 5.76 Å². The Hall–Kier alpha value is -2.64. The SMILES string of the molecule is C=CC(=NCc1ccc2oc(C(=O)NO)cc2c1)NN. The number of amidine groups is 1. The number of hydrogen-bond acceptors (Lipinski definition) is 5. The van der Waals surface area contributed by atoms with Crippen LogP contribution >= 0.6 is 0 Å². The van der Waals surface area contributed by atoms with E-state index in [0.29, 0.717) is 18.0 Å². The summed E-state index contributed by atoms with van der Waals surface area (Å²) in [5.41, 5.74) is 5.42. The summed E-state index contributed by atoms with van der Waals surface area (Å²) in [6, 6.07) is 6.95. The summed E-state index contributed by atoms with van der Waals surface area (Å²) in [5, 5.41) is 9.31. The van der Waals surface area contributed by atoms with Gasteiger partial charge in [0, 0.05) is 5.39 Å². The van der Waals surface area contributed by atoms with E-state index in [1.807, 2.05) is 12.1 Å². The molecule has 1 aromatic carbocycles. The lowest BCUT2D eigenvalue weighted by Crippen LogP contribution is -2.28. The Kier molecular flexibility index (Phi) is 4.14. The fourth-order valence-electron chi connectivity index (χ4n) is 1.70. The van der Waals surface area contributed by atoms with Crippen molar-refractivity contribution in [3.05, 3.63) is 48.2 Å². The quantitative estimate of drug-likeness (QED) is 0.219. The molecule has 0 bridgehead atoms. The average Bonchev–Trinajstić information content (AvgIpc) is 2.90. The molecule has 2 aromatic rings. The van der Waals surface area contributed by atoms with E-state index >= 15 is 0 Å². The van der Waals surface area contributed by atoms with Crippen molar-refractivity contribution >= 4 is 22.7 Å². The van der Waals surface area contributed by atoms with Gasteiger partial charge in [-0.15, -0.1) is 0 Å². The summed E-state index contributed by atoms with van der Waals surface area (Å²) in [4.78, 5) is 15.5. The summed E-state index contributed by atoms with van der Waals surface area (Å²) in [7, 11) is 0. The smallest absolute Gasteiger partial charge is 0.310 e. The van der Waals surface area contributed by atoms with E-state index in [1.165, 1.54) is 11.6 Å². The number of nitrogens with one attached hydrogen (secondary N) is 2. The second kappa shape index (κ2) is 6.00. The number of furan rings is 1.